The van der Waals surface area contributed by atoms with Crippen LogP contribution in [-0.4, -0.2) is 36.1 Å². The van der Waals surface area contributed by atoms with Gasteiger partial charge in [0.25, 0.3) is 0 Å². The van der Waals surface area contributed by atoms with Crippen molar-refractivity contribution in [1.29, 1.82) is 0 Å². The molecule has 2 unspecified atom stereocenters. The van der Waals surface area contributed by atoms with Crippen molar-refractivity contribution in [2.75, 3.05) is 13.1 Å². The highest BCUT2D eigenvalue weighted by Gasteiger charge is 2.23. The van der Waals surface area contributed by atoms with E-state index < -0.39 is 0 Å². The summed E-state index contributed by atoms with van der Waals surface area (Å²) >= 11 is 0. The van der Waals surface area contributed by atoms with E-state index in [-0.39, 0.29) is 0 Å². The Morgan fingerprint density at radius 2 is 2.00 bits per heavy atom. The summed E-state index contributed by atoms with van der Waals surface area (Å²) < 4.78 is 0. The molecule has 2 heteroatoms. The van der Waals surface area contributed by atoms with Gasteiger partial charge in [-0.3, -0.25) is 4.90 Å². The maximum Gasteiger partial charge on any atom is 0.00818 e. The van der Waals surface area contributed by atoms with Gasteiger partial charge < -0.3 is 5.32 Å². The van der Waals surface area contributed by atoms with E-state index in [0.29, 0.717) is 0 Å². The number of nitrogens with zero attached hydrogens (tertiary/aromatic N) is 1. The highest BCUT2D eigenvalue weighted by molar-refractivity contribution is 4.82. The molecule has 1 saturated heterocycles. The molecule has 1 heterocycles. The van der Waals surface area contributed by atoms with Gasteiger partial charge in [0.1, 0.15) is 0 Å². The van der Waals surface area contributed by atoms with Gasteiger partial charge in [-0.25, -0.2) is 0 Å². The third-order valence-electron chi connectivity index (χ3n) is 4.24. The molecule has 1 N–H and O–H groups in total. The van der Waals surface area contributed by atoms with Gasteiger partial charge in [0.05, 0.1) is 0 Å². The Kier molecular flexibility index (Phi) is 4.66. The minimum atomic E-state index is 0.763. The van der Waals surface area contributed by atoms with Crippen molar-refractivity contribution in [1.82, 2.24) is 10.2 Å². The predicted octanol–water partition coefficient (Wildman–Crippen LogP) is 2.78. The fourth-order valence-electron chi connectivity index (χ4n) is 2.90. The molecule has 94 valence electrons. The quantitative estimate of drug-likeness (QED) is 0.772. The zero-order valence-corrected chi connectivity index (χ0v) is 11.0. The van der Waals surface area contributed by atoms with Crippen LogP contribution in [0.1, 0.15) is 58.8 Å². The van der Waals surface area contributed by atoms with Gasteiger partial charge in [0.2, 0.25) is 0 Å². The minimum Gasteiger partial charge on any atom is -0.314 e. The lowest BCUT2D eigenvalue weighted by Gasteiger charge is -2.33. The standard InChI is InChI=1S/C14H28N2/c1-12-6-4-3-5-11-16(12)13(2)9-10-15-14-7-8-14/h12-15H,3-11H2,1-2H3. The molecule has 0 aromatic heterocycles. The van der Waals surface area contributed by atoms with E-state index in [1.807, 2.05) is 0 Å². The van der Waals surface area contributed by atoms with Crippen LogP contribution in [0.3, 0.4) is 0 Å². The lowest BCUT2D eigenvalue weighted by Crippen LogP contribution is -2.41. The molecule has 0 aromatic carbocycles. The van der Waals surface area contributed by atoms with Crippen molar-refractivity contribution in [3.8, 4) is 0 Å². The topological polar surface area (TPSA) is 15.3 Å². The summed E-state index contributed by atoms with van der Waals surface area (Å²) in [5, 5.41) is 3.63. The Labute approximate surface area is 101 Å². The second kappa shape index (κ2) is 6.02. The third-order valence-corrected chi connectivity index (χ3v) is 4.24. The van der Waals surface area contributed by atoms with Crippen molar-refractivity contribution >= 4 is 0 Å². The first kappa shape index (κ1) is 12.4. The molecule has 2 aliphatic rings. The Morgan fingerprint density at radius 3 is 2.75 bits per heavy atom. The molecule has 1 saturated carbocycles. The molecule has 2 atom stereocenters. The number of hydrogen-bond acceptors (Lipinski definition) is 2. The van der Waals surface area contributed by atoms with Crippen molar-refractivity contribution in [3.63, 3.8) is 0 Å². The van der Waals surface area contributed by atoms with Crippen LogP contribution in [0, 0.1) is 0 Å². The van der Waals surface area contributed by atoms with Crippen molar-refractivity contribution < 1.29 is 0 Å². The zero-order valence-electron chi connectivity index (χ0n) is 11.0. The molecular formula is C14H28N2. The van der Waals surface area contributed by atoms with E-state index >= 15 is 0 Å². The van der Waals surface area contributed by atoms with E-state index in [1.54, 1.807) is 0 Å². The highest BCUT2D eigenvalue weighted by atomic mass is 15.2. The lowest BCUT2D eigenvalue weighted by molar-refractivity contribution is 0.150. The molecule has 0 radical (unpaired) electrons. The molecule has 1 aliphatic carbocycles. The van der Waals surface area contributed by atoms with Gasteiger partial charge >= 0.3 is 0 Å². The van der Waals surface area contributed by atoms with Gasteiger partial charge in [0.15, 0.2) is 0 Å². The summed E-state index contributed by atoms with van der Waals surface area (Å²) in [5.74, 6) is 0. The Bertz CT molecular complexity index is 201. The monoisotopic (exact) mass is 224 g/mol. The summed E-state index contributed by atoms with van der Waals surface area (Å²) in [5.41, 5.74) is 0. The van der Waals surface area contributed by atoms with Gasteiger partial charge in [-0.05, 0) is 59.0 Å². The second-order valence-corrected chi connectivity index (χ2v) is 5.80. The Balaban J connectivity index is 1.69. The van der Waals surface area contributed by atoms with Crippen LogP contribution < -0.4 is 5.32 Å². The number of nitrogens with one attached hydrogen (secondary N) is 1. The Morgan fingerprint density at radius 1 is 1.19 bits per heavy atom. The average molecular weight is 224 g/mol. The average Bonchev–Trinajstić information content (AvgIpc) is 3.06. The van der Waals surface area contributed by atoms with Crippen LogP contribution in [0.25, 0.3) is 0 Å². The normalized spacial score (nSPS) is 30.0. The molecule has 0 amide bonds. The molecule has 0 aromatic rings. The number of likely N-dealkylation sites (tertiary alicyclic amines) is 1. The smallest absolute Gasteiger partial charge is 0.00818 e. The summed E-state index contributed by atoms with van der Waals surface area (Å²) in [4.78, 5) is 2.74. The molecular weight excluding hydrogens is 196 g/mol. The molecule has 2 nitrogen and oxygen atoms in total. The summed E-state index contributed by atoms with van der Waals surface area (Å²) in [6.07, 6.45) is 9.83. The van der Waals surface area contributed by atoms with Gasteiger partial charge in [0, 0.05) is 18.1 Å². The summed E-state index contributed by atoms with van der Waals surface area (Å²) in [7, 11) is 0. The van der Waals surface area contributed by atoms with Crippen molar-refractivity contribution in [2.24, 2.45) is 0 Å². The molecule has 16 heavy (non-hydrogen) atoms. The van der Waals surface area contributed by atoms with Gasteiger partial charge in [-0.1, -0.05) is 12.8 Å². The maximum atomic E-state index is 3.63. The van der Waals surface area contributed by atoms with Gasteiger partial charge in [-0.2, -0.15) is 0 Å². The first-order valence-electron chi connectivity index (χ1n) is 7.26. The first-order valence-corrected chi connectivity index (χ1v) is 7.26. The fourth-order valence-corrected chi connectivity index (χ4v) is 2.90. The fraction of sp³-hybridized carbons (Fsp3) is 1.00. The van der Waals surface area contributed by atoms with Crippen LogP contribution >= 0.6 is 0 Å². The van der Waals surface area contributed by atoms with Crippen LogP contribution in [0.5, 0.6) is 0 Å². The molecule has 1 aliphatic heterocycles. The van der Waals surface area contributed by atoms with Crippen LogP contribution in [0.15, 0.2) is 0 Å². The van der Waals surface area contributed by atoms with Crippen molar-refractivity contribution in [2.45, 2.75) is 76.9 Å². The van der Waals surface area contributed by atoms with E-state index in [1.165, 1.54) is 58.0 Å². The highest BCUT2D eigenvalue weighted by Crippen LogP contribution is 2.21. The zero-order chi connectivity index (χ0) is 11.4. The van der Waals surface area contributed by atoms with Crippen LogP contribution in [-0.2, 0) is 0 Å². The second-order valence-electron chi connectivity index (χ2n) is 5.80. The lowest BCUT2D eigenvalue weighted by atomic mass is 10.1. The molecule has 2 rings (SSSR count). The van der Waals surface area contributed by atoms with E-state index in [9.17, 15) is 0 Å². The van der Waals surface area contributed by atoms with E-state index in [0.717, 1.165) is 18.1 Å². The minimum absolute atomic E-state index is 0.763. The predicted molar refractivity (Wildman–Crippen MR) is 69.7 cm³/mol. The number of rotatable bonds is 5. The maximum absolute atomic E-state index is 3.63. The van der Waals surface area contributed by atoms with E-state index in [2.05, 4.69) is 24.1 Å². The molecule has 0 spiro atoms. The Hall–Kier alpha value is -0.0800. The first-order chi connectivity index (χ1) is 7.77. The van der Waals surface area contributed by atoms with Crippen LogP contribution in [0.4, 0.5) is 0 Å². The van der Waals surface area contributed by atoms with E-state index in [4.69, 9.17) is 0 Å². The molecule has 2 fully saturated rings. The SMILES string of the molecule is CC1CCCCCN1C(C)CCNC1CC1. The largest absolute Gasteiger partial charge is 0.314 e. The number of hydrogen-bond donors (Lipinski definition) is 1. The van der Waals surface area contributed by atoms with Crippen molar-refractivity contribution in [3.05, 3.63) is 0 Å². The van der Waals surface area contributed by atoms with Gasteiger partial charge in [-0.15, -0.1) is 0 Å². The third kappa shape index (κ3) is 3.74. The van der Waals surface area contributed by atoms with Crippen LogP contribution in [0.2, 0.25) is 0 Å². The molecule has 0 bridgehead atoms. The summed E-state index contributed by atoms with van der Waals surface area (Å²) in [6, 6.07) is 2.44. The summed E-state index contributed by atoms with van der Waals surface area (Å²) in [6.45, 7) is 7.37.